The predicted molar refractivity (Wildman–Crippen MR) is 103 cm³/mol. The van der Waals surface area contributed by atoms with Gasteiger partial charge in [0.1, 0.15) is 24.2 Å². The molecule has 2 heterocycles. The van der Waals surface area contributed by atoms with Crippen molar-refractivity contribution >= 4 is 45.3 Å². The van der Waals surface area contributed by atoms with Gasteiger partial charge in [0.05, 0.1) is 12.1 Å². The van der Waals surface area contributed by atoms with Crippen LogP contribution >= 0.6 is 23.2 Å². The van der Waals surface area contributed by atoms with Gasteiger partial charge in [-0.05, 0) is 24.3 Å². The van der Waals surface area contributed by atoms with Crippen LogP contribution in [0.3, 0.4) is 0 Å². The number of nitrogens with zero attached hydrogens (tertiary/aromatic N) is 1. The Morgan fingerprint density at radius 3 is 2.77 bits per heavy atom. The van der Waals surface area contributed by atoms with Crippen LogP contribution in [0.15, 0.2) is 51.7 Å². The number of aromatic amines is 1. The molecule has 0 fully saturated rings. The molecule has 0 aliphatic carbocycles. The van der Waals surface area contributed by atoms with Gasteiger partial charge < -0.3 is 14.3 Å². The van der Waals surface area contributed by atoms with Gasteiger partial charge in [0.15, 0.2) is 5.82 Å². The molecule has 0 amide bonds. The summed E-state index contributed by atoms with van der Waals surface area (Å²) in [7, 11) is 2.02. The lowest BCUT2D eigenvalue weighted by atomic mass is 10.2. The van der Waals surface area contributed by atoms with Gasteiger partial charge in [0.25, 0.3) is 5.56 Å². The number of furan rings is 1. The molecule has 26 heavy (non-hydrogen) atoms. The monoisotopic (exact) mass is 388 g/mol. The number of H-pyrrole nitrogens is 1. The topological polar surface area (TPSA) is 63.3 Å². The molecular formula is C19H16Cl2N3O2+. The Morgan fingerprint density at radius 2 is 1.96 bits per heavy atom. The normalized spacial score (nSPS) is 12.7. The van der Waals surface area contributed by atoms with Crippen LogP contribution < -0.4 is 10.5 Å². The van der Waals surface area contributed by atoms with Crippen LogP contribution in [0.4, 0.5) is 0 Å². The Hall–Kier alpha value is -2.34. The average molecular weight is 389 g/mol. The molecule has 1 atom stereocenters. The third-order valence-electron chi connectivity index (χ3n) is 4.26. The molecule has 0 aliphatic heterocycles. The van der Waals surface area contributed by atoms with E-state index in [0.29, 0.717) is 40.1 Å². The SMILES string of the molecule is C[NH+](Cc1nc2c(oc3ccccc32)c(=O)[nH]1)Cc1ccc(Cl)cc1Cl. The van der Waals surface area contributed by atoms with E-state index in [0.717, 1.165) is 15.8 Å². The van der Waals surface area contributed by atoms with E-state index in [4.69, 9.17) is 27.6 Å². The Bertz CT molecular complexity index is 1170. The number of fused-ring (bicyclic) bond motifs is 3. The van der Waals surface area contributed by atoms with E-state index in [1.807, 2.05) is 43.4 Å². The Kier molecular flexibility index (Phi) is 4.44. The molecule has 0 spiro atoms. The molecule has 132 valence electrons. The lowest BCUT2D eigenvalue weighted by Crippen LogP contribution is -3.06. The summed E-state index contributed by atoms with van der Waals surface area (Å²) in [6.45, 7) is 1.23. The number of aromatic nitrogens is 2. The second-order valence-electron chi connectivity index (χ2n) is 6.33. The van der Waals surface area contributed by atoms with Crippen molar-refractivity contribution in [3.63, 3.8) is 0 Å². The van der Waals surface area contributed by atoms with Crippen LogP contribution in [0.25, 0.3) is 22.1 Å². The standard InChI is InChI=1S/C19H15Cl2N3O2/c1-24(9-11-6-7-12(20)8-14(11)21)10-16-22-17-13-4-2-3-5-15(13)26-18(17)19(25)23-16/h2-8H,9-10H2,1H3,(H,22,23,25)/p+1. The van der Waals surface area contributed by atoms with Crippen molar-refractivity contribution in [1.29, 1.82) is 0 Å². The van der Waals surface area contributed by atoms with Crippen LogP contribution in [-0.2, 0) is 13.1 Å². The fraction of sp³-hybridized carbons (Fsp3) is 0.158. The molecule has 2 N–H and O–H groups in total. The lowest BCUT2D eigenvalue weighted by molar-refractivity contribution is -0.908. The summed E-state index contributed by atoms with van der Waals surface area (Å²) in [5.74, 6) is 0.608. The molecule has 0 saturated carbocycles. The number of para-hydroxylation sites is 1. The molecule has 4 rings (SSSR count). The van der Waals surface area contributed by atoms with Gasteiger partial charge in [-0.15, -0.1) is 0 Å². The van der Waals surface area contributed by atoms with Gasteiger partial charge in [0, 0.05) is 16.0 Å². The summed E-state index contributed by atoms with van der Waals surface area (Å²) in [6.07, 6.45) is 0. The minimum Gasteiger partial charge on any atom is -0.449 e. The Balaban J connectivity index is 1.64. The minimum absolute atomic E-state index is 0.258. The minimum atomic E-state index is -0.265. The van der Waals surface area contributed by atoms with E-state index in [9.17, 15) is 4.79 Å². The number of rotatable bonds is 4. The summed E-state index contributed by atoms with van der Waals surface area (Å²) < 4.78 is 5.62. The first kappa shape index (κ1) is 17.1. The maximum absolute atomic E-state index is 12.4. The van der Waals surface area contributed by atoms with Crippen molar-refractivity contribution in [2.45, 2.75) is 13.1 Å². The predicted octanol–water partition coefficient (Wildman–Crippen LogP) is 3.19. The zero-order valence-corrected chi connectivity index (χ0v) is 15.5. The number of halogens is 2. The molecule has 0 saturated heterocycles. The zero-order valence-electron chi connectivity index (χ0n) is 14.0. The third-order valence-corrected chi connectivity index (χ3v) is 4.84. The van der Waals surface area contributed by atoms with Crippen molar-refractivity contribution in [3.05, 3.63) is 74.3 Å². The summed E-state index contributed by atoms with van der Waals surface area (Å²) in [4.78, 5) is 20.9. The van der Waals surface area contributed by atoms with E-state index in [1.165, 1.54) is 0 Å². The molecule has 2 aromatic heterocycles. The quantitative estimate of drug-likeness (QED) is 0.564. The molecular weight excluding hydrogens is 373 g/mol. The molecule has 0 radical (unpaired) electrons. The van der Waals surface area contributed by atoms with Gasteiger partial charge in [-0.3, -0.25) is 4.79 Å². The number of hydrogen-bond donors (Lipinski definition) is 2. The fourth-order valence-electron chi connectivity index (χ4n) is 3.07. The fourth-order valence-corrected chi connectivity index (χ4v) is 3.55. The van der Waals surface area contributed by atoms with Crippen molar-refractivity contribution in [1.82, 2.24) is 9.97 Å². The van der Waals surface area contributed by atoms with Gasteiger partial charge in [-0.1, -0.05) is 41.4 Å². The van der Waals surface area contributed by atoms with Crippen molar-refractivity contribution in [2.75, 3.05) is 7.05 Å². The molecule has 7 heteroatoms. The summed E-state index contributed by atoms with van der Waals surface area (Å²) in [5, 5.41) is 2.09. The number of quaternary nitrogens is 1. The highest BCUT2D eigenvalue weighted by Crippen LogP contribution is 2.24. The second kappa shape index (κ2) is 6.76. The molecule has 5 nitrogen and oxygen atoms in total. The van der Waals surface area contributed by atoms with Crippen LogP contribution in [0.5, 0.6) is 0 Å². The highest BCUT2D eigenvalue weighted by atomic mass is 35.5. The van der Waals surface area contributed by atoms with Gasteiger partial charge >= 0.3 is 0 Å². The Labute approximate surface area is 159 Å². The highest BCUT2D eigenvalue weighted by Gasteiger charge is 2.15. The van der Waals surface area contributed by atoms with Crippen molar-refractivity contribution in [2.24, 2.45) is 0 Å². The largest absolute Gasteiger partial charge is 0.449 e. The van der Waals surface area contributed by atoms with E-state index in [2.05, 4.69) is 9.97 Å². The number of nitrogens with one attached hydrogen (secondary N) is 2. The summed E-state index contributed by atoms with van der Waals surface area (Å²) >= 11 is 12.2. The number of benzene rings is 2. The smallest absolute Gasteiger partial charge is 0.294 e. The van der Waals surface area contributed by atoms with Gasteiger partial charge in [0.2, 0.25) is 5.58 Å². The van der Waals surface area contributed by atoms with E-state index < -0.39 is 0 Å². The maximum Gasteiger partial charge on any atom is 0.294 e. The molecule has 2 aromatic carbocycles. The van der Waals surface area contributed by atoms with Gasteiger partial charge in [-0.2, -0.15) is 0 Å². The van der Waals surface area contributed by atoms with Crippen molar-refractivity contribution in [3.8, 4) is 0 Å². The average Bonchev–Trinajstić information content (AvgIpc) is 2.97. The maximum atomic E-state index is 12.4. The first-order valence-corrected chi connectivity index (χ1v) is 8.92. The molecule has 0 bridgehead atoms. The van der Waals surface area contributed by atoms with E-state index in [-0.39, 0.29) is 11.1 Å². The van der Waals surface area contributed by atoms with Crippen LogP contribution in [0.2, 0.25) is 10.0 Å². The molecule has 0 aliphatic rings. The second-order valence-corrected chi connectivity index (χ2v) is 7.18. The third kappa shape index (κ3) is 3.21. The first-order chi connectivity index (χ1) is 12.5. The molecule has 4 aromatic rings. The van der Waals surface area contributed by atoms with E-state index >= 15 is 0 Å². The van der Waals surface area contributed by atoms with Crippen LogP contribution in [0.1, 0.15) is 11.4 Å². The number of hydrogen-bond acceptors (Lipinski definition) is 3. The molecule has 1 unspecified atom stereocenters. The van der Waals surface area contributed by atoms with Crippen molar-refractivity contribution < 1.29 is 9.32 Å². The summed E-state index contributed by atoms with van der Waals surface area (Å²) in [6, 6.07) is 13.0. The lowest BCUT2D eigenvalue weighted by Gasteiger charge is -2.14. The first-order valence-electron chi connectivity index (χ1n) is 8.17. The van der Waals surface area contributed by atoms with E-state index in [1.54, 1.807) is 6.07 Å². The summed E-state index contributed by atoms with van der Waals surface area (Å²) in [5.41, 5.74) is 2.24. The zero-order chi connectivity index (χ0) is 18.3. The van der Waals surface area contributed by atoms with Crippen LogP contribution in [-0.4, -0.2) is 17.0 Å². The van der Waals surface area contributed by atoms with Crippen LogP contribution in [0, 0.1) is 0 Å². The highest BCUT2D eigenvalue weighted by molar-refractivity contribution is 6.35. The van der Waals surface area contributed by atoms with Gasteiger partial charge in [-0.25, -0.2) is 4.98 Å². The Morgan fingerprint density at radius 1 is 1.15 bits per heavy atom.